The minimum atomic E-state index is -0.268. The summed E-state index contributed by atoms with van der Waals surface area (Å²) in [5.41, 5.74) is 7.45. The molecule has 0 radical (unpaired) electrons. The first-order chi connectivity index (χ1) is 9.90. The maximum absolute atomic E-state index is 13.3. The highest BCUT2D eigenvalue weighted by Crippen LogP contribution is 2.26. The lowest BCUT2D eigenvalue weighted by Crippen LogP contribution is -2.11. The minimum Gasteiger partial charge on any atom is -0.486 e. The van der Waals surface area contributed by atoms with E-state index in [0.717, 1.165) is 16.3 Å². The average molecular weight is 308 g/mol. The summed E-state index contributed by atoms with van der Waals surface area (Å²) in [5, 5.41) is 2.98. The van der Waals surface area contributed by atoms with Crippen LogP contribution in [0.2, 0.25) is 0 Å². The lowest BCUT2D eigenvalue weighted by atomic mass is 9.93. The van der Waals surface area contributed by atoms with Gasteiger partial charge in [-0.1, -0.05) is 20.8 Å². The molecule has 114 valence electrons. The van der Waals surface area contributed by atoms with E-state index in [0.29, 0.717) is 25.3 Å². The second-order valence-electron chi connectivity index (χ2n) is 5.96. The first-order valence-electron chi connectivity index (χ1n) is 6.96. The molecule has 1 heterocycles. The van der Waals surface area contributed by atoms with Crippen LogP contribution in [0.5, 0.6) is 5.75 Å². The van der Waals surface area contributed by atoms with Gasteiger partial charge in [0.25, 0.3) is 0 Å². The molecule has 0 fully saturated rings. The smallest absolute Gasteiger partial charge is 0.140 e. The molecule has 1 aromatic carbocycles. The summed E-state index contributed by atoms with van der Waals surface area (Å²) in [7, 11) is 0. The van der Waals surface area contributed by atoms with E-state index in [1.807, 2.05) is 0 Å². The number of hydrogen-bond acceptors (Lipinski definition) is 4. The van der Waals surface area contributed by atoms with E-state index in [9.17, 15) is 4.39 Å². The summed E-state index contributed by atoms with van der Waals surface area (Å²) in [5.74, 6) is 0.407. The number of nitrogens with zero attached hydrogens (tertiary/aromatic N) is 1. The molecule has 3 nitrogen and oxygen atoms in total. The number of aromatic nitrogens is 1. The van der Waals surface area contributed by atoms with Gasteiger partial charge in [0.2, 0.25) is 0 Å². The van der Waals surface area contributed by atoms with Crippen LogP contribution in [0.25, 0.3) is 0 Å². The van der Waals surface area contributed by atoms with Gasteiger partial charge in [0.05, 0.1) is 5.69 Å². The molecule has 0 aliphatic rings. The third kappa shape index (κ3) is 4.25. The van der Waals surface area contributed by atoms with E-state index < -0.39 is 0 Å². The van der Waals surface area contributed by atoms with Gasteiger partial charge < -0.3 is 10.5 Å². The minimum absolute atomic E-state index is 0.0370. The topological polar surface area (TPSA) is 48.1 Å². The van der Waals surface area contributed by atoms with Gasteiger partial charge >= 0.3 is 0 Å². The van der Waals surface area contributed by atoms with Crippen LogP contribution in [0.3, 0.4) is 0 Å². The summed E-state index contributed by atoms with van der Waals surface area (Å²) >= 11 is 1.58. The van der Waals surface area contributed by atoms with Crippen molar-refractivity contribution in [3.8, 4) is 5.75 Å². The second-order valence-corrected chi connectivity index (χ2v) is 6.90. The SMILES string of the molecule is CC(C)(C)c1csc(COc2ccc(F)cc2CCN)n1. The molecule has 0 atom stereocenters. The summed E-state index contributed by atoms with van der Waals surface area (Å²) in [4.78, 5) is 4.58. The highest BCUT2D eigenvalue weighted by molar-refractivity contribution is 7.09. The number of thiazole rings is 1. The molecule has 0 amide bonds. The normalized spacial score (nSPS) is 11.7. The van der Waals surface area contributed by atoms with Crippen LogP contribution < -0.4 is 10.5 Å². The summed E-state index contributed by atoms with van der Waals surface area (Å²) in [6.45, 7) is 7.25. The molecule has 0 saturated heterocycles. The van der Waals surface area contributed by atoms with E-state index in [1.165, 1.54) is 12.1 Å². The van der Waals surface area contributed by atoms with Crippen LogP contribution in [0.4, 0.5) is 4.39 Å². The van der Waals surface area contributed by atoms with Crippen LogP contribution in [0.1, 0.15) is 37.0 Å². The third-order valence-corrected chi connectivity index (χ3v) is 3.93. The Morgan fingerprint density at radius 3 is 2.71 bits per heavy atom. The Labute approximate surface area is 129 Å². The highest BCUT2D eigenvalue weighted by atomic mass is 32.1. The molecule has 1 aromatic heterocycles. The van der Waals surface area contributed by atoms with E-state index in [-0.39, 0.29) is 11.2 Å². The Balaban J connectivity index is 2.08. The standard InChI is InChI=1S/C16H21FN2OS/c1-16(2,3)14-10-21-15(19-14)9-20-13-5-4-12(17)8-11(13)6-7-18/h4-5,8,10H,6-7,9,18H2,1-3H3. The first-order valence-corrected chi connectivity index (χ1v) is 7.84. The number of hydrogen-bond donors (Lipinski definition) is 1. The van der Waals surface area contributed by atoms with Crippen molar-refractivity contribution in [2.75, 3.05) is 6.54 Å². The molecule has 0 bridgehead atoms. The zero-order chi connectivity index (χ0) is 15.5. The van der Waals surface area contributed by atoms with Crippen molar-refractivity contribution in [1.82, 2.24) is 4.98 Å². The fraction of sp³-hybridized carbons (Fsp3) is 0.438. The molecule has 2 rings (SSSR count). The highest BCUT2D eigenvalue weighted by Gasteiger charge is 2.17. The Morgan fingerprint density at radius 1 is 1.33 bits per heavy atom. The molecule has 0 aliphatic carbocycles. The maximum atomic E-state index is 13.3. The monoisotopic (exact) mass is 308 g/mol. The van der Waals surface area contributed by atoms with Gasteiger partial charge in [0.1, 0.15) is 23.2 Å². The Morgan fingerprint density at radius 2 is 2.10 bits per heavy atom. The zero-order valence-corrected chi connectivity index (χ0v) is 13.5. The molecule has 0 aliphatic heterocycles. The number of ether oxygens (including phenoxy) is 1. The van der Waals surface area contributed by atoms with Crippen LogP contribution >= 0.6 is 11.3 Å². The number of benzene rings is 1. The van der Waals surface area contributed by atoms with Crippen molar-refractivity contribution in [3.05, 3.63) is 45.7 Å². The molecule has 2 aromatic rings. The second kappa shape index (κ2) is 6.54. The molecule has 2 N–H and O–H groups in total. The molecular weight excluding hydrogens is 287 g/mol. The van der Waals surface area contributed by atoms with Gasteiger partial charge in [-0.2, -0.15) is 0 Å². The predicted octanol–water partition coefficient (Wildman–Crippen LogP) is 3.66. The first kappa shape index (κ1) is 15.9. The van der Waals surface area contributed by atoms with Crippen molar-refractivity contribution in [2.24, 2.45) is 5.73 Å². The van der Waals surface area contributed by atoms with Gasteiger partial charge in [-0.15, -0.1) is 11.3 Å². The van der Waals surface area contributed by atoms with Gasteiger partial charge in [-0.25, -0.2) is 9.37 Å². The Kier molecular flexibility index (Phi) is 4.96. The van der Waals surface area contributed by atoms with Crippen LogP contribution in [-0.4, -0.2) is 11.5 Å². The molecule has 0 spiro atoms. The zero-order valence-electron chi connectivity index (χ0n) is 12.6. The Hall–Kier alpha value is -1.46. The summed E-state index contributed by atoms with van der Waals surface area (Å²) in [6.07, 6.45) is 0.595. The fourth-order valence-corrected chi connectivity index (χ4v) is 2.83. The largest absolute Gasteiger partial charge is 0.486 e. The number of halogens is 1. The Bertz CT molecular complexity index is 605. The molecule has 0 saturated carbocycles. The summed E-state index contributed by atoms with van der Waals surface area (Å²) in [6, 6.07) is 4.53. The maximum Gasteiger partial charge on any atom is 0.140 e. The van der Waals surface area contributed by atoms with Crippen molar-refractivity contribution in [3.63, 3.8) is 0 Å². The van der Waals surface area contributed by atoms with E-state index in [4.69, 9.17) is 10.5 Å². The number of nitrogens with two attached hydrogens (primary N) is 1. The van der Waals surface area contributed by atoms with Gasteiger partial charge in [-0.05, 0) is 36.7 Å². The number of rotatable bonds is 5. The fourth-order valence-electron chi connectivity index (χ4n) is 1.90. The molecule has 21 heavy (non-hydrogen) atoms. The van der Waals surface area contributed by atoms with Gasteiger partial charge in [0.15, 0.2) is 0 Å². The quantitative estimate of drug-likeness (QED) is 0.917. The van der Waals surface area contributed by atoms with Crippen molar-refractivity contribution < 1.29 is 9.13 Å². The van der Waals surface area contributed by atoms with Gasteiger partial charge in [-0.3, -0.25) is 0 Å². The van der Waals surface area contributed by atoms with Gasteiger partial charge in [0, 0.05) is 10.8 Å². The van der Waals surface area contributed by atoms with Crippen molar-refractivity contribution in [2.45, 2.75) is 39.2 Å². The van der Waals surface area contributed by atoms with Crippen LogP contribution in [0, 0.1) is 5.82 Å². The van der Waals surface area contributed by atoms with Crippen molar-refractivity contribution in [1.29, 1.82) is 0 Å². The molecule has 0 unspecified atom stereocenters. The van der Waals surface area contributed by atoms with E-state index >= 15 is 0 Å². The van der Waals surface area contributed by atoms with Crippen LogP contribution in [-0.2, 0) is 18.4 Å². The van der Waals surface area contributed by atoms with E-state index in [1.54, 1.807) is 17.4 Å². The predicted molar refractivity (Wildman–Crippen MR) is 84.3 cm³/mol. The lowest BCUT2D eigenvalue weighted by Gasteiger charge is -2.14. The average Bonchev–Trinajstić information content (AvgIpc) is 2.87. The molecule has 5 heteroatoms. The van der Waals surface area contributed by atoms with Crippen molar-refractivity contribution >= 4 is 11.3 Å². The lowest BCUT2D eigenvalue weighted by molar-refractivity contribution is 0.301. The molecular formula is C16H21FN2OS. The van der Waals surface area contributed by atoms with Crippen LogP contribution in [0.15, 0.2) is 23.6 Å². The summed E-state index contributed by atoms with van der Waals surface area (Å²) < 4.78 is 19.0. The third-order valence-electron chi connectivity index (χ3n) is 3.11. The van der Waals surface area contributed by atoms with E-state index in [2.05, 4.69) is 31.1 Å².